The van der Waals surface area contributed by atoms with Gasteiger partial charge in [-0.25, -0.2) is 18.0 Å². The predicted octanol–water partition coefficient (Wildman–Crippen LogP) is 3.26. The van der Waals surface area contributed by atoms with Crippen molar-refractivity contribution in [2.75, 3.05) is 43.5 Å². The summed E-state index contributed by atoms with van der Waals surface area (Å²) in [7, 11) is -1.82. The van der Waals surface area contributed by atoms with E-state index in [1.807, 2.05) is 0 Å². The number of carbonyl (C=O) groups excluding carboxylic acids is 3. The largest absolute Gasteiger partial charge is 0.445 e. The summed E-state index contributed by atoms with van der Waals surface area (Å²) in [6, 6.07) is 3.48. The van der Waals surface area contributed by atoms with Gasteiger partial charge >= 0.3 is 12.2 Å². The second kappa shape index (κ2) is 14.8. The van der Waals surface area contributed by atoms with Crippen molar-refractivity contribution in [1.82, 2.24) is 9.80 Å². The molecule has 1 aromatic carbocycles. The average molecular weight is 545 g/mol. The number of nitrogens with one attached hydrogen (secondary N) is 1. The summed E-state index contributed by atoms with van der Waals surface area (Å²) >= 11 is 5.76. The van der Waals surface area contributed by atoms with Gasteiger partial charge in [0.05, 0.1) is 11.8 Å². The first-order valence-corrected chi connectivity index (χ1v) is 13.1. The van der Waals surface area contributed by atoms with E-state index in [1.165, 1.54) is 24.9 Å². The summed E-state index contributed by atoms with van der Waals surface area (Å²) in [5.74, 6) is -0.819. The van der Waals surface area contributed by atoms with Gasteiger partial charge in [-0.1, -0.05) is 23.8 Å². The molecule has 0 radical (unpaired) electrons. The van der Waals surface area contributed by atoms with E-state index in [4.69, 9.17) is 26.6 Å². The second-order valence-corrected chi connectivity index (χ2v) is 10.1. The molecule has 13 nitrogen and oxygen atoms in total. The maximum Gasteiger partial charge on any atom is 0.411 e. The molecule has 0 aliphatic heterocycles. The fraction of sp³-hybridized carbons (Fsp3) is 0.476. The van der Waals surface area contributed by atoms with E-state index in [2.05, 4.69) is 21.9 Å². The van der Waals surface area contributed by atoms with Crippen LogP contribution in [0.4, 0.5) is 15.3 Å². The number of benzene rings is 1. The van der Waals surface area contributed by atoms with Crippen molar-refractivity contribution in [3.63, 3.8) is 0 Å². The number of azide groups is 1. The number of halogens is 1. The number of amides is 3. The fourth-order valence-electron chi connectivity index (χ4n) is 2.64. The van der Waals surface area contributed by atoms with E-state index in [0.717, 1.165) is 11.2 Å². The second-order valence-electron chi connectivity index (χ2n) is 7.64. The standard InChI is InChI=1S/C21H29ClN6O7S/c1-5-9-34-20(30)27(3)12-17-11-18(24-19(29)15(2)25-26-23)7-6-16(17)13-35-21(31)28(14-22)8-10-36(4,32)33/h5-7,11,15H,1,8-10,12-14H2,2-4H3,(H,24,29)/t15-/m0/s1. The van der Waals surface area contributed by atoms with E-state index < -0.39 is 34.0 Å². The monoisotopic (exact) mass is 544 g/mol. The smallest absolute Gasteiger partial charge is 0.411 e. The Morgan fingerprint density at radius 3 is 2.56 bits per heavy atom. The number of hydrogen-bond acceptors (Lipinski definition) is 8. The number of alkyl halides is 1. The molecule has 0 saturated carbocycles. The minimum Gasteiger partial charge on any atom is -0.445 e. The lowest BCUT2D eigenvalue weighted by Gasteiger charge is -2.21. The van der Waals surface area contributed by atoms with E-state index in [-0.39, 0.29) is 38.1 Å². The highest BCUT2D eigenvalue weighted by Gasteiger charge is 2.19. The lowest BCUT2D eigenvalue weighted by atomic mass is 10.1. The van der Waals surface area contributed by atoms with Crippen molar-refractivity contribution in [3.8, 4) is 0 Å². The molecule has 0 saturated heterocycles. The zero-order valence-corrected chi connectivity index (χ0v) is 21.8. The Balaban J connectivity index is 3.09. The van der Waals surface area contributed by atoms with E-state index in [0.29, 0.717) is 16.8 Å². The molecule has 0 unspecified atom stereocenters. The highest BCUT2D eigenvalue weighted by Crippen LogP contribution is 2.20. The molecule has 0 bridgehead atoms. The van der Waals surface area contributed by atoms with Gasteiger partial charge in [0.1, 0.15) is 29.1 Å². The number of ether oxygens (including phenoxy) is 2. The van der Waals surface area contributed by atoms with Gasteiger partial charge < -0.3 is 19.7 Å². The van der Waals surface area contributed by atoms with Crippen LogP contribution >= 0.6 is 11.6 Å². The molecule has 0 fully saturated rings. The van der Waals surface area contributed by atoms with Gasteiger partial charge in [0.25, 0.3) is 0 Å². The van der Waals surface area contributed by atoms with Crippen LogP contribution in [-0.2, 0) is 37.3 Å². The first kappa shape index (κ1) is 30.6. The summed E-state index contributed by atoms with van der Waals surface area (Å²) in [4.78, 5) is 41.7. The summed E-state index contributed by atoms with van der Waals surface area (Å²) in [5.41, 5.74) is 9.90. The Hall–Kier alpha value is -3.48. The molecule has 0 aliphatic carbocycles. The molecule has 0 spiro atoms. The third-order valence-electron chi connectivity index (χ3n) is 4.61. The molecular weight excluding hydrogens is 516 g/mol. The van der Waals surface area contributed by atoms with Crippen molar-refractivity contribution >= 4 is 45.2 Å². The van der Waals surface area contributed by atoms with Gasteiger partial charge in [-0.05, 0) is 35.7 Å². The lowest BCUT2D eigenvalue weighted by Crippen LogP contribution is -2.34. The summed E-state index contributed by atoms with van der Waals surface area (Å²) in [5, 5.41) is 5.96. The first-order chi connectivity index (χ1) is 16.9. The van der Waals surface area contributed by atoms with Crippen LogP contribution in [0.15, 0.2) is 36.0 Å². The quantitative estimate of drug-likeness (QED) is 0.0990. The topological polar surface area (TPSA) is 171 Å². The number of hydrogen-bond donors (Lipinski definition) is 1. The van der Waals surface area contributed by atoms with Gasteiger partial charge in [-0.15, -0.1) is 11.6 Å². The zero-order chi connectivity index (χ0) is 27.3. The van der Waals surface area contributed by atoms with E-state index in [1.54, 1.807) is 18.2 Å². The molecule has 1 aromatic rings. The molecule has 198 valence electrons. The van der Waals surface area contributed by atoms with Gasteiger partial charge in [-0.2, -0.15) is 0 Å². The molecule has 0 heterocycles. The normalized spacial score (nSPS) is 11.4. The van der Waals surface area contributed by atoms with Crippen molar-refractivity contribution in [1.29, 1.82) is 0 Å². The minimum atomic E-state index is -3.31. The van der Waals surface area contributed by atoms with E-state index >= 15 is 0 Å². The Kier molecular flexibility index (Phi) is 12.6. The van der Waals surface area contributed by atoms with Gasteiger partial charge in [0, 0.05) is 37.0 Å². The van der Waals surface area contributed by atoms with Gasteiger partial charge in [0.15, 0.2) is 0 Å². The summed E-state index contributed by atoms with van der Waals surface area (Å²) in [6.07, 6.45) is 1.02. The predicted molar refractivity (Wildman–Crippen MR) is 134 cm³/mol. The van der Waals surface area contributed by atoms with Crippen LogP contribution < -0.4 is 5.32 Å². The molecule has 1 atom stereocenters. The third kappa shape index (κ3) is 10.8. The highest BCUT2D eigenvalue weighted by atomic mass is 35.5. The molecule has 0 aliphatic rings. The SMILES string of the molecule is C=CCOC(=O)N(C)Cc1cc(NC(=O)[C@H](C)N=[N+]=[N-])ccc1COC(=O)N(CCl)CCS(C)(=O)=O. The van der Waals surface area contributed by atoms with Crippen molar-refractivity contribution in [3.05, 3.63) is 52.4 Å². The number of rotatable bonds is 13. The number of sulfone groups is 1. The van der Waals surface area contributed by atoms with Crippen molar-refractivity contribution in [2.45, 2.75) is 26.1 Å². The first-order valence-electron chi connectivity index (χ1n) is 10.5. The molecule has 3 amide bonds. The summed E-state index contributed by atoms with van der Waals surface area (Å²) < 4.78 is 33.1. The van der Waals surface area contributed by atoms with Crippen LogP contribution in [0, 0.1) is 0 Å². The molecular formula is C21H29ClN6O7S. The van der Waals surface area contributed by atoms with Crippen LogP contribution in [0.1, 0.15) is 18.1 Å². The van der Waals surface area contributed by atoms with Crippen LogP contribution in [0.5, 0.6) is 0 Å². The Bertz CT molecular complexity index is 1110. The molecule has 1 N–H and O–H groups in total. The van der Waals surface area contributed by atoms with Gasteiger partial charge in [0.2, 0.25) is 5.91 Å². The highest BCUT2D eigenvalue weighted by molar-refractivity contribution is 7.90. The van der Waals surface area contributed by atoms with Crippen LogP contribution in [0.2, 0.25) is 0 Å². The molecule has 0 aromatic heterocycles. The van der Waals surface area contributed by atoms with Crippen LogP contribution in [0.3, 0.4) is 0 Å². The Labute approximate surface area is 214 Å². The van der Waals surface area contributed by atoms with Gasteiger partial charge in [-0.3, -0.25) is 9.69 Å². The molecule has 1 rings (SSSR count). The maximum atomic E-state index is 12.4. The van der Waals surface area contributed by atoms with E-state index in [9.17, 15) is 22.8 Å². The Morgan fingerprint density at radius 1 is 1.28 bits per heavy atom. The third-order valence-corrected chi connectivity index (χ3v) is 5.82. The Morgan fingerprint density at radius 2 is 1.97 bits per heavy atom. The van der Waals surface area contributed by atoms with Crippen molar-refractivity contribution < 1.29 is 32.3 Å². The molecule has 15 heteroatoms. The number of nitrogens with zero attached hydrogens (tertiary/aromatic N) is 5. The number of anilines is 1. The van der Waals surface area contributed by atoms with Crippen LogP contribution in [0.25, 0.3) is 10.4 Å². The summed E-state index contributed by atoms with van der Waals surface area (Å²) in [6.45, 7) is 4.60. The zero-order valence-electron chi connectivity index (χ0n) is 20.2. The maximum absolute atomic E-state index is 12.4. The van der Waals surface area contributed by atoms with Crippen molar-refractivity contribution in [2.24, 2.45) is 5.11 Å². The average Bonchev–Trinajstić information content (AvgIpc) is 2.81. The lowest BCUT2D eigenvalue weighted by molar-refractivity contribution is -0.117. The minimum absolute atomic E-state index is 0.0166. The fourth-order valence-corrected chi connectivity index (χ4v) is 3.40. The molecule has 36 heavy (non-hydrogen) atoms. The van der Waals surface area contributed by atoms with Crippen LogP contribution in [-0.4, -0.2) is 80.6 Å². The number of carbonyl (C=O) groups is 3.